The second-order valence-corrected chi connectivity index (χ2v) is 6.03. The van der Waals surface area contributed by atoms with E-state index in [-0.39, 0.29) is 5.92 Å². The lowest BCUT2D eigenvalue weighted by Crippen LogP contribution is -2.41. The highest BCUT2D eigenvalue weighted by Crippen LogP contribution is 2.49. The maximum absolute atomic E-state index is 7.56. The Kier molecular flexibility index (Phi) is 3.61. The van der Waals surface area contributed by atoms with Crippen LogP contribution >= 0.6 is 0 Å². The van der Waals surface area contributed by atoms with Crippen LogP contribution in [0.15, 0.2) is 23.8 Å². The van der Waals surface area contributed by atoms with Crippen molar-refractivity contribution in [1.29, 1.82) is 0 Å². The summed E-state index contributed by atoms with van der Waals surface area (Å²) >= 11 is 0. The van der Waals surface area contributed by atoms with Crippen LogP contribution < -0.4 is 0 Å². The van der Waals surface area contributed by atoms with E-state index in [0.29, 0.717) is 32.0 Å². The molecule has 4 nitrogen and oxygen atoms in total. The van der Waals surface area contributed by atoms with Gasteiger partial charge in [-0.25, -0.2) is 22.8 Å². The van der Waals surface area contributed by atoms with E-state index < -0.39 is 11.4 Å². The van der Waals surface area contributed by atoms with E-state index in [0.717, 1.165) is 18.4 Å². The zero-order chi connectivity index (χ0) is 14.9. The van der Waals surface area contributed by atoms with Crippen molar-refractivity contribution in [3.05, 3.63) is 46.6 Å². The summed E-state index contributed by atoms with van der Waals surface area (Å²) in [6, 6.07) is 0. The Morgan fingerprint density at radius 1 is 1.24 bits per heavy atom. The number of rotatable bonds is 1. The molecule has 0 bridgehead atoms. The van der Waals surface area contributed by atoms with Gasteiger partial charge in [0.05, 0.1) is 13.2 Å². The highest BCUT2D eigenvalue weighted by Gasteiger charge is 2.57. The van der Waals surface area contributed by atoms with Crippen molar-refractivity contribution in [3.63, 3.8) is 0 Å². The Balaban J connectivity index is 2.04. The average Bonchev–Trinajstić information content (AvgIpc) is 2.90. The lowest BCUT2D eigenvalue weighted by molar-refractivity contribution is -0.171. The molecule has 1 saturated heterocycles. The van der Waals surface area contributed by atoms with E-state index in [1.54, 1.807) is 0 Å². The third-order valence-corrected chi connectivity index (χ3v) is 4.98. The summed E-state index contributed by atoms with van der Waals surface area (Å²) in [4.78, 5) is 7.44. The minimum atomic E-state index is -1.05. The molecule has 3 rings (SSSR count). The molecule has 0 amide bonds. The molecule has 21 heavy (non-hydrogen) atoms. The van der Waals surface area contributed by atoms with Crippen LogP contribution in [0.1, 0.15) is 32.6 Å². The first-order valence-corrected chi connectivity index (χ1v) is 7.61. The first-order valence-electron chi connectivity index (χ1n) is 7.61. The third-order valence-electron chi connectivity index (χ3n) is 4.98. The fourth-order valence-corrected chi connectivity index (χ4v) is 3.85. The highest BCUT2D eigenvalue weighted by molar-refractivity contribution is 5.38. The standard InChI is InChI=1S/C17H20N2O2/c1-4-13-6-5-8-17(18-2,19-3)15-7-9-16(12-14(13)15)20-10-11-21-16/h5-7,13-14H,4,8-12H2,1H3/t13-,14+/m1/s1. The Bertz CT molecular complexity index is 544. The molecule has 1 aliphatic heterocycles. The summed E-state index contributed by atoms with van der Waals surface area (Å²) in [5.74, 6) is 0.00523. The largest absolute Gasteiger partial charge is 0.509 e. The second-order valence-electron chi connectivity index (χ2n) is 6.03. The Morgan fingerprint density at radius 2 is 1.95 bits per heavy atom. The summed E-state index contributed by atoms with van der Waals surface area (Å²) in [7, 11) is 0. The molecule has 110 valence electrons. The van der Waals surface area contributed by atoms with Gasteiger partial charge in [-0.05, 0) is 12.3 Å². The van der Waals surface area contributed by atoms with E-state index in [1.807, 2.05) is 6.08 Å². The van der Waals surface area contributed by atoms with Crippen LogP contribution in [0.5, 0.6) is 0 Å². The van der Waals surface area contributed by atoms with Gasteiger partial charge in [0.2, 0.25) is 0 Å². The maximum atomic E-state index is 7.56. The summed E-state index contributed by atoms with van der Waals surface area (Å²) < 4.78 is 11.7. The van der Waals surface area contributed by atoms with Gasteiger partial charge in [0.1, 0.15) is 12.0 Å². The quantitative estimate of drug-likeness (QED) is 0.543. The molecule has 3 aliphatic rings. The van der Waals surface area contributed by atoms with Gasteiger partial charge < -0.3 is 9.47 Å². The number of hydrogen-bond donors (Lipinski definition) is 0. The van der Waals surface area contributed by atoms with Crippen molar-refractivity contribution in [1.82, 2.24) is 0 Å². The lowest BCUT2D eigenvalue weighted by Gasteiger charge is -2.37. The van der Waals surface area contributed by atoms with Crippen LogP contribution in [0, 0.1) is 25.0 Å². The van der Waals surface area contributed by atoms with Crippen molar-refractivity contribution >= 4 is 0 Å². The molecule has 4 heteroatoms. The first-order chi connectivity index (χ1) is 10.2. The fraction of sp³-hybridized carbons (Fsp3) is 0.647. The van der Waals surface area contributed by atoms with Gasteiger partial charge in [0.15, 0.2) is 5.79 Å². The minimum Gasteiger partial charge on any atom is -0.347 e. The molecule has 0 aromatic carbocycles. The molecule has 1 heterocycles. The van der Waals surface area contributed by atoms with Gasteiger partial charge in [-0.3, -0.25) is 0 Å². The van der Waals surface area contributed by atoms with Crippen molar-refractivity contribution in [2.75, 3.05) is 13.2 Å². The van der Waals surface area contributed by atoms with Crippen LogP contribution in [0.3, 0.4) is 0 Å². The van der Waals surface area contributed by atoms with E-state index in [4.69, 9.17) is 22.6 Å². The van der Waals surface area contributed by atoms with Gasteiger partial charge in [0, 0.05) is 18.8 Å². The first kappa shape index (κ1) is 14.3. The molecule has 0 aromatic rings. The van der Waals surface area contributed by atoms with Gasteiger partial charge in [-0.15, -0.1) is 0 Å². The smallest absolute Gasteiger partial charge is 0.347 e. The summed E-state index contributed by atoms with van der Waals surface area (Å²) in [6.07, 6.45) is 9.17. The summed E-state index contributed by atoms with van der Waals surface area (Å²) in [5, 5.41) is 0. The van der Waals surface area contributed by atoms with Crippen LogP contribution in [-0.4, -0.2) is 24.7 Å². The molecule has 1 spiro atoms. The van der Waals surface area contributed by atoms with Crippen LogP contribution in [0.25, 0.3) is 9.69 Å². The van der Waals surface area contributed by atoms with Crippen molar-refractivity contribution in [2.45, 2.75) is 44.1 Å². The highest BCUT2D eigenvalue weighted by atomic mass is 16.7. The molecule has 0 radical (unpaired) electrons. The Hall–Kier alpha value is -1.62. The van der Waals surface area contributed by atoms with E-state index in [9.17, 15) is 0 Å². The maximum Gasteiger partial charge on any atom is 0.509 e. The van der Waals surface area contributed by atoms with Crippen LogP contribution in [0.2, 0.25) is 0 Å². The summed E-state index contributed by atoms with van der Waals surface area (Å²) in [5.41, 5.74) is -0.0558. The number of allylic oxidation sites excluding steroid dienone is 1. The van der Waals surface area contributed by atoms with Gasteiger partial charge in [0.25, 0.3) is 0 Å². The lowest BCUT2D eigenvalue weighted by atomic mass is 9.72. The van der Waals surface area contributed by atoms with Crippen LogP contribution in [0.4, 0.5) is 0 Å². The predicted octanol–water partition coefficient (Wildman–Crippen LogP) is 3.59. The zero-order valence-corrected chi connectivity index (χ0v) is 12.3. The number of fused-ring (bicyclic) bond motifs is 1. The molecule has 1 fully saturated rings. The van der Waals surface area contributed by atoms with Gasteiger partial charge >= 0.3 is 5.66 Å². The van der Waals surface area contributed by atoms with Gasteiger partial charge in [-0.1, -0.05) is 25.2 Å². The Labute approximate surface area is 126 Å². The number of nitrogens with zero attached hydrogens (tertiary/aromatic N) is 2. The average molecular weight is 284 g/mol. The van der Waals surface area contributed by atoms with Crippen molar-refractivity contribution < 1.29 is 9.47 Å². The van der Waals surface area contributed by atoms with Crippen LogP contribution in [-0.2, 0) is 9.47 Å². The van der Waals surface area contributed by atoms with Crippen molar-refractivity contribution in [3.8, 4) is 0 Å². The predicted molar refractivity (Wildman–Crippen MR) is 78.9 cm³/mol. The molecule has 2 atom stereocenters. The number of hydrogen-bond acceptors (Lipinski definition) is 2. The molecule has 2 aliphatic carbocycles. The molecule has 0 aromatic heterocycles. The molecule has 0 N–H and O–H groups in total. The molecule has 0 saturated carbocycles. The second kappa shape index (κ2) is 5.30. The van der Waals surface area contributed by atoms with E-state index in [2.05, 4.69) is 28.8 Å². The normalized spacial score (nSPS) is 32.6. The number of ether oxygens (including phenoxy) is 2. The third kappa shape index (κ3) is 2.20. The zero-order valence-electron chi connectivity index (χ0n) is 12.3. The van der Waals surface area contributed by atoms with E-state index >= 15 is 0 Å². The molecular formula is C17H20N2O2. The molecular weight excluding hydrogens is 264 g/mol. The van der Waals surface area contributed by atoms with E-state index in [1.165, 1.54) is 0 Å². The van der Waals surface area contributed by atoms with Gasteiger partial charge in [-0.2, -0.15) is 0 Å². The molecule has 0 unspecified atom stereocenters. The van der Waals surface area contributed by atoms with Crippen molar-refractivity contribution in [2.24, 2.45) is 11.8 Å². The topological polar surface area (TPSA) is 27.2 Å². The minimum absolute atomic E-state index is 0.170. The fourth-order valence-electron chi connectivity index (χ4n) is 3.85. The Morgan fingerprint density at radius 3 is 2.57 bits per heavy atom. The summed E-state index contributed by atoms with van der Waals surface area (Å²) in [6.45, 7) is 18.6. The monoisotopic (exact) mass is 284 g/mol. The SMILES string of the molecule is [C-]#[N+]C1([N+]#[C-])CC=C[C@@H](CC)[C@@H]2CC3(CC=C21)OCCO3.